The summed E-state index contributed by atoms with van der Waals surface area (Å²) in [6.07, 6.45) is 2.00. The Balaban J connectivity index is 1.74. The van der Waals surface area contributed by atoms with Gasteiger partial charge in [-0.15, -0.1) is 0 Å². The first-order valence-corrected chi connectivity index (χ1v) is 10.3. The molecule has 0 saturated heterocycles. The molecule has 0 spiro atoms. The SMILES string of the molecule is CC(=O)OCCCNC(=O)/C(=C/c1ccc2c(c1)OCO2)NC(=O)c1ccc(Br)cc1. The Labute approximate surface area is 187 Å². The quantitative estimate of drug-likeness (QED) is 0.336. The van der Waals surface area contributed by atoms with Crippen LogP contribution in [0.15, 0.2) is 52.6 Å². The van der Waals surface area contributed by atoms with E-state index in [1.807, 2.05) is 0 Å². The number of carbonyl (C=O) groups excluding carboxylic acids is 3. The summed E-state index contributed by atoms with van der Waals surface area (Å²) in [6.45, 7) is 1.93. The fourth-order valence-electron chi connectivity index (χ4n) is 2.71. The summed E-state index contributed by atoms with van der Waals surface area (Å²) in [6, 6.07) is 12.0. The van der Waals surface area contributed by atoms with Crippen molar-refractivity contribution in [2.45, 2.75) is 13.3 Å². The molecule has 0 aromatic heterocycles. The maximum Gasteiger partial charge on any atom is 0.302 e. The van der Waals surface area contributed by atoms with Crippen LogP contribution in [0.2, 0.25) is 0 Å². The van der Waals surface area contributed by atoms with E-state index in [1.165, 1.54) is 6.92 Å². The average molecular weight is 489 g/mol. The zero-order chi connectivity index (χ0) is 22.2. The molecule has 0 bridgehead atoms. The molecule has 2 N–H and O–H groups in total. The van der Waals surface area contributed by atoms with Crippen molar-refractivity contribution in [3.8, 4) is 11.5 Å². The van der Waals surface area contributed by atoms with Gasteiger partial charge < -0.3 is 24.8 Å². The molecular weight excluding hydrogens is 468 g/mol. The number of carbonyl (C=O) groups is 3. The second-order valence-corrected chi connectivity index (χ2v) is 7.50. The number of esters is 1. The molecule has 0 aliphatic carbocycles. The lowest BCUT2D eigenvalue weighted by Crippen LogP contribution is -2.35. The van der Waals surface area contributed by atoms with E-state index in [0.29, 0.717) is 29.0 Å². The number of fused-ring (bicyclic) bond motifs is 1. The number of hydrogen-bond donors (Lipinski definition) is 2. The standard InChI is InChI=1S/C22H21BrN2O6/c1-14(26)29-10-2-9-24-22(28)18(25-21(27)16-4-6-17(23)7-5-16)11-15-3-8-19-20(12-15)31-13-30-19/h3-8,11-12H,2,9-10,13H2,1H3,(H,24,28)(H,25,27)/b18-11-. The highest BCUT2D eigenvalue weighted by molar-refractivity contribution is 9.10. The van der Waals surface area contributed by atoms with Crippen molar-refractivity contribution < 1.29 is 28.6 Å². The normalized spacial score (nSPS) is 12.3. The van der Waals surface area contributed by atoms with E-state index < -0.39 is 11.8 Å². The molecule has 2 aromatic carbocycles. The van der Waals surface area contributed by atoms with Gasteiger partial charge in [0.2, 0.25) is 6.79 Å². The number of amides is 2. The van der Waals surface area contributed by atoms with Gasteiger partial charge in [-0.2, -0.15) is 0 Å². The van der Waals surface area contributed by atoms with Crippen LogP contribution in [0.5, 0.6) is 11.5 Å². The summed E-state index contributed by atoms with van der Waals surface area (Å²) in [4.78, 5) is 36.2. The Morgan fingerprint density at radius 3 is 2.58 bits per heavy atom. The number of halogens is 1. The summed E-state index contributed by atoms with van der Waals surface area (Å²) in [5.74, 6) is -0.0846. The van der Waals surface area contributed by atoms with Crippen LogP contribution in [0, 0.1) is 0 Å². The van der Waals surface area contributed by atoms with Gasteiger partial charge in [0.1, 0.15) is 5.70 Å². The molecule has 1 heterocycles. The van der Waals surface area contributed by atoms with Crippen molar-refractivity contribution in [2.24, 2.45) is 0 Å². The van der Waals surface area contributed by atoms with Gasteiger partial charge >= 0.3 is 5.97 Å². The van der Waals surface area contributed by atoms with E-state index in [0.717, 1.165) is 4.47 Å². The number of hydrogen-bond acceptors (Lipinski definition) is 6. The van der Waals surface area contributed by atoms with E-state index in [4.69, 9.17) is 14.2 Å². The number of rotatable bonds is 8. The summed E-state index contributed by atoms with van der Waals surface area (Å²) in [5.41, 5.74) is 1.13. The predicted octanol–water partition coefficient (Wildman–Crippen LogP) is 3.02. The number of nitrogens with one attached hydrogen (secondary N) is 2. The first-order chi connectivity index (χ1) is 14.9. The van der Waals surface area contributed by atoms with Crippen LogP contribution in [0.3, 0.4) is 0 Å². The largest absolute Gasteiger partial charge is 0.466 e. The minimum Gasteiger partial charge on any atom is -0.466 e. The maximum atomic E-state index is 12.7. The highest BCUT2D eigenvalue weighted by atomic mass is 79.9. The second kappa shape index (κ2) is 10.6. The van der Waals surface area contributed by atoms with E-state index in [1.54, 1.807) is 48.5 Å². The van der Waals surface area contributed by atoms with Crippen LogP contribution in [0.4, 0.5) is 0 Å². The lowest BCUT2D eigenvalue weighted by atomic mass is 10.1. The molecule has 9 heteroatoms. The third-order valence-corrected chi connectivity index (χ3v) is 4.75. The van der Waals surface area contributed by atoms with Crippen LogP contribution >= 0.6 is 15.9 Å². The topological polar surface area (TPSA) is 103 Å². The lowest BCUT2D eigenvalue weighted by molar-refractivity contribution is -0.141. The van der Waals surface area contributed by atoms with Gasteiger partial charge in [0.05, 0.1) is 6.61 Å². The minimum absolute atomic E-state index is 0.0688. The number of benzene rings is 2. The van der Waals surface area contributed by atoms with Gasteiger partial charge in [-0.3, -0.25) is 14.4 Å². The molecular formula is C22H21BrN2O6. The average Bonchev–Trinajstić information content (AvgIpc) is 3.21. The maximum absolute atomic E-state index is 12.7. The van der Waals surface area contributed by atoms with Crippen molar-refractivity contribution in [2.75, 3.05) is 19.9 Å². The lowest BCUT2D eigenvalue weighted by Gasteiger charge is -2.12. The molecule has 0 saturated carbocycles. The smallest absolute Gasteiger partial charge is 0.302 e. The molecule has 1 aliphatic heterocycles. The predicted molar refractivity (Wildman–Crippen MR) is 116 cm³/mol. The third-order valence-electron chi connectivity index (χ3n) is 4.22. The molecule has 0 fully saturated rings. The molecule has 3 rings (SSSR count). The van der Waals surface area contributed by atoms with Gasteiger partial charge in [0.15, 0.2) is 11.5 Å². The zero-order valence-corrected chi connectivity index (χ0v) is 18.4. The second-order valence-electron chi connectivity index (χ2n) is 6.58. The summed E-state index contributed by atoms with van der Waals surface area (Å²) in [7, 11) is 0. The van der Waals surface area contributed by atoms with Gasteiger partial charge in [0, 0.05) is 23.5 Å². The van der Waals surface area contributed by atoms with E-state index >= 15 is 0 Å². The molecule has 2 aromatic rings. The highest BCUT2D eigenvalue weighted by Gasteiger charge is 2.17. The van der Waals surface area contributed by atoms with E-state index in [2.05, 4.69) is 26.6 Å². The fraction of sp³-hybridized carbons (Fsp3) is 0.227. The molecule has 162 valence electrons. The van der Waals surface area contributed by atoms with Crippen LogP contribution in [-0.4, -0.2) is 37.7 Å². The summed E-state index contributed by atoms with van der Waals surface area (Å²) < 4.78 is 16.4. The molecule has 2 amide bonds. The van der Waals surface area contributed by atoms with Crippen LogP contribution < -0.4 is 20.1 Å². The Bertz CT molecular complexity index is 1000. The summed E-state index contributed by atoms with van der Waals surface area (Å²) in [5, 5.41) is 5.38. The van der Waals surface area contributed by atoms with Crippen molar-refractivity contribution in [3.63, 3.8) is 0 Å². The Morgan fingerprint density at radius 2 is 1.84 bits per heavy atom. The number of ether oxygens (including phenoxy) is 3. The van der Waals surface area contributed by atoms with Gasteiger partial charge in [-0.05, 0) is 54.5 Å². The Kier molecular flexibility index (Phi) is 7.66. The Hall–Kier alpha value is -3.33. The van der Waals surface area contributed by atoms with Gasteiger partial charge in [-0.25, -0.2) is 0 Å². The zero-order valence-electron chi connectivity index (χ0n) is 16.8. The monoisotopic (exact) mass is 488 g/mol. The minimum atomic E-state index is -0.467. The molecule has 1 aliphatic rings. The molecule has 0 radical (unpaired) electrons. The Morgan fingerprint density at radius 1 is 1.10 bits per heavy atom. The highest BCUT2D eigenvalue weighted by Crippen LogP contribution is 2.33. The van der Waals surface area contributed by atoms with Crippen LogP contribution in [0.1, 0.15) is 29.3 Å². The van der Waals surface area contributed by atoms with Gasteiger partial charge in [-0.1, -0.05) is 22.0 Å². The van der Waals surface area contributed by atoms with E-state index in [9.17, 15) is 14.4 Å². The molecule has 0 unspecified atom stereocenters. The van der Waals surface area contributed by atoms with Crippen molar-refractivity contribution in [1.29, 1.82) is 0 Å². The third kappa shape index (κ3) is 6.58. The summed E-state index contributed by atoms with van der Waals surface area (Å²) >= 11 is 3.33. The van der Waals surface area contributed by atoms with Crippen molar-refractivity contribution >= 4 is 39.8 Å². The first-order valence-electron chi connectivity index (χ1n) is 9.52. The van der Waals surface area contributed by atoms with Crippen LogP contribution in [0.25, 0.3) is 6.08 Å². The first kappa shape index (κ1) is 22.4. The molecule has 31 heavy (non-hydrogen) atoms. The van der Waals surface area contributed by atoms with Crippen molar-refractivity contribution in [1.82, 2.24) is 10.6 Å². The molecule has 8 nitrogen and oxygen atoms in total. The van der Waals surface area contributed by atoms with Crippen molar-refractivity contribution in [3.05, 3.63) is 63.8 Å². The van der Waals surface area contributed by atoms with E-state index in [-0.39, 0.29) is 31.6 Å². The fourth-order valence-corrected chi connectivity index (χ4v) is 2.97. The van der Waals surface area contributed by atoms with Crippen LogP contribution in [-0.2, 0) is 14.3 Å². The van der Waals surface area contributed by atoms with Gasteiger partial charge in [0.25, 0.3) is 11.8 Å². The molecule has 0 atom stereocenters.